The zero-order valence-corrected chi connectivity index (χ0v) is 21.9. The summed E-state index contributed by atoms with van der Waals surface area (Å²) in [6.45, 7) is 7.14. The van der Waals surface area contributed by atoms with Gasteiger partial charge in [0.25, 0.3) is 0 Å². The number of benzene rings is 1. The Morgan fingerprint density at radius 3 is 2.27 bits per heavy atom. The number of aromatic nitrogens is 2. The molecule has 2 aromatic rings. The smallest absolute Gasteiger partial charge is 0.354 e. The van der Waals surface area contributed by atoms with E-state index < -0.39 is 16.8 Å². The van der Waals surface area contributed by atoms with Gasteiger partial charge in [-0.2, -0.15) is 4.98 Å². The van der Waals surface area contributed by atoms with E-state index in [0.717, 1.165) is 5.56 Å². The first-order chi connectivity index (χ1) is 17.0. The van der Waals surface area contributed by atoms with Gasteiger partial charge in [-0.1, -0.05) is 12.1 Å². The molecule has 37 heavy (non-hydrogen) atoms. The average molecular weight is 535 g/mol. The second-order valence-electron chi connectivity index (χ2n) is 9.99. The summed E-state index contributed by atoms with van der Waals surface area (Å²) in [6, 6.07) is 8.65. The largest absolute Gasteiger partial charge is 0.386 e. The molecule has 202 valence electrons. The van der Waals surface area contributed by atoms with Crippen LogP contribution in [0.1, 0.15) is 19.4 Å². The lowest BCUT2D eigenvalue weighted by molar-refractivity contribution is -0.137. The number of urea groups is 1. The molecule has 2 aliphatic rings. The van der Waals surface area contributed by atoms with E-state index in [1.807, 2.05) is 24.3 Å². The van der Waals surface area contributed by atoms with Crippen molar-refractivity contribution in [2.24, 2.45) is 5.73 Å². The van der Waals surface area contributed by atoms with Gasteiger partial charge in [-0.3, -0.25) is 14.7 Å². The fourth-order valence-electron chi connectivity index (χ4n) is 4.13. The van der Waals surface area contributed by atoms with Gasteiger partial charge in [-0.15, -0.1) is 12.4 Å². The van der Waals surface area contributed by atoms with Crippen LogP contribution in [0.3, 0.4) is 0 Å². The van der Waals surface area contributed by atoms with Gasteiger partial charge in [-0.05, 0) is 37.6 Å². The fourth-order valence-corrected chi connectivity index (χ4v) is 4.13. The Hall–Kier alpha value is -3.03. The minimum Gasteiger partial charge on any atom is -0.386 e. The van der Waals surface area contributed by atoms with Crippen LogP contribution in [-0.4, -0.2) is 93.3 Å². The van der Waals surface area contributed by atoms with Crippen LogP contribution >= 0.6 is 12.4 Å². The first-order valence-electron chi connectivity index (χ1n) is 12.0. The molecule has 13 heteroatoms. The van der Waals surface area contributed by atoms with E-state index in [1.54, 1.807) is 35.9 Å². The highest BCUT2D eigenvalue weighted by atomic mass is 35.5. The summed E-state index contributed by atoms with van der Waals surface area (Å²) >= 11 is 0. The quantitative estimate of drug-likeness (QED) is 0.318. The van der Waals surface area contributed by atoms with Crippen LogP contribution in [0.25, 0.3) is 5.69 Å². The molecule has 6 N–H and O–H groups in total. The van der Waals surface area contributed by atoms with E-state index in [1.165, 1.54) is 4.57 Å². The van der Waals surface area contributed by atoms with Crippen molar-refractivity contribution in [3.63, 3.8) is 0 Å². The van der Waals surface area contributed by atoms with Gasteiger partial charge >= 0.3 is 11.7 Å². The van der Waals surface area contributed by atoms with Crippen LogP contribution in [0, 0.1) is 0 Å². The van der Waals surface area contributed by atoms with Crippen LogP contribution in [0.15, 0.2) is 41.3 Å². The number of β-amino-alcohol motifs (C(OH)–C–C–N with tert-alkyl or cyclic N) is 1. The summed E-state index contributed by atoms with van der Waals surface area (Å²) < 4.78 is 1.40. The summed E-state index contributed by atoms with van der Waals surface area (Å²) in [5.41, 5.74) is 5.42. The molecule has 12 nitrogen and oxygen atoms in total. The van der Waals surface area contributed by atoms with E-state index >= 15 is 0 Å². The molecule has 0 saturated carbocycles. The molecule has 3 amide bonds. The number of amides is 3. The minimum absolute atomic E-state index is 0. The highest BCUT2D eigenvalue weighted by Crippen LogP contribution is 2.13. The van der Waals surface area contributed by atoms with E-state index in [2.05, 4.69) is 20.9 Å². The molecule has 2 fully saturated rings. The van der Waals surface area contributed by atoms with Crippen molar-refractivity contribution in [1.82, 2.24) is 30.0 Å². The lowest BCUT2D eigenvalue weighted by Gasteiger charge is -2.37. The summed E-state index contributed by atoms with van der Waals surface area (Å²) in [6.07, 6.45) is 1.57. The Morgan fingerprint density at radius 2 is 1.73 bits per heavy atom. The number of halogens is 1. The molecule has 0 atom stereocenters. The zero-order chi connectivity index (χ0) is 25.9. The monoisotopic (exact) mass is 534 g/mol. The molecule has 0 unspecified atom stereocenters. The maximum atomic E-state index is 12.6. The van der Waals surface area contributed by atoms with Crippen LogP contribution < -0.4 is 27.4 Å². The molecule has 2 aliphatic heterocycles. The topological polar surface area (TPSA) is 158 Å². The van der Waals surface area contributed by atoms with Crippen molar-refractivity contribution < 1.29 is 14.7 Å². The summed E-state index contributed by atoms with van der Waals surface area (Å²) in [7, 11) is 0. The van der Waals surface area contributed by atoms with Gasteiger partial charge < -0.3 is 31.3 Å². The number of carbonyl (C=O) groups excluding carboxylic acids is 2. The van der Waals surface area contributed by atoms with Gasteiger partial charge in [0.1, 0.15) is 11.4 Å². The molecule has 2 saturated heterocycles. The maximum absolute atomic E-state index is 12.6. The van der Waals surface area contributed by atoms with Crippen molar-refractivity contribution in [2.75, 3.05) is 51.1 Å². The van der Waals surface area contributed by atoms with E-state index in [0.29, 0.717) is 58.0 Å². The Morgan fingerprint density at radius 1 is 1.11 bits per heavy atom. The van der Waals surface area contributed by atoms with Gasteiger partial charge in [0.2, 0.25) is 5.91 Å². The predicted molar refractivity (Wildman–Crippen MR) is 142 cm³/mol. The van der Waals surface area contributed by atoms with Crippen molar-refractivity contribution >= 4 is 30.2 Å². The number of anilines is 1. The zero-order valence-electron chi connectivity index (χ0n) is 21.1. The second-order valence-corrected chi connectivity index (χ2v) is 9.99. The Bertz CT molecular complexity index is 1150. The fraction of sp³-hybridized carbons (Fsp3) is 0.500. The van der Waals surface area contributed by atoms with Gasteiger partial charge in [0.05, 0.1) is 11.2 Å². The first kappa shape index (κ1) is 28.5. The lowest BCUT2D eigenvalue weighted by Crippen LogP contribution is -2.64. The van der Waals surface area contributed by atoms with Crippen LogP contribution in [-0.2, 0) is 11.3 Å². The van der Waals surface area contributed by atoms with Crippen LogP contribution in [0.4, 0.5) is 10.6 Å². The third kappa shape index (κ3) is 7.05. The average Bonchev–Trinajstić information content (AvgIpc) is 2.83. The number of aliphatic hydroxyl groups is 1. The molecule has 4 rings (SSSR count). The Labute approximate surface area is 221 Å². The lowest BCUT2D eigenvalue weighted by atomic mass is 9.97. The third-order valence-electron chi connectivity index (χ3n) is 6.35. The van der Waals surface area contributed by atoms with Crippen LogP contribution in [0.5, 0.6) is 0 Å². The Balaban J connectivity index is 0.00000380. The molecule has 0 bridgehead atoms. The first-order valence-corrected chi connectivity index (χ1v) is 12.0. The van der Waals surface area contributed by atoms with E-state index in [9.17, 15) is 19.5 Å². The van der Waals surface area contributed by atoms with Crippen LogP contribution in [0.2, 0.25) is 0 Å². The molecular formula is C24H35ClN8O4. The predicted octanol–water partition coefficient (Wildman–Crippen LogP) is -0.508. The maximum Gasteiger partial charge on any atom is 0.354 e. The third-order valence-corrected chi connectivity index (χ3v) is 6.35. The number of hydrogen-bond acceptors (Lipinski definition) is 8. The molecule has 1 aromatic carbocycles. The molecule has 3 heterocycles. The van der Waals surface area contributed by atoms with Gasteiger partial charge in [0.15, 0.2) is 0 Å². The molecule has 0 spiro atoms. The summed E-state index contributed by atoms with van der Waals surface area (Å²) in [4.78, 5) is 44.8. The van der Waals surface area contributed by atoms with E-state index in [-0.39, 0.29) is 30.2 Å². The van der Waals surface area contributed by atoms with Crippen molar-refractivity contribution in [2.45, 2.75) is 31.5 Å². The standard InChI is InChI=1S/C24H34N8O4.ClH/c1-23(2,25)20(33)30-9-11-31(12-10-30)21(34)28-19-7-8-32(22(35)29-19)18-5-3-17(4-6-18)13-26-14-24(36)15-27-16-24;/h3-8,26-27,36H,9-16,25H2,1-2H3,(H,28,29,34,35);1H. The normalized spacial score (nSPS) is 17.0. The number of nitrogens with zero attached hydrogens (tertiary/aromatic N) is 4. The van der Waals surface area contributed by atoms with Gasteiger partial charge in [0, 0.05) is 58.6 Å². The number of nitrogens with one attached hydrogen (secondary N) is 3. The second kappa shape index (κ2) is 11.6. The van der Waals surface area contributed by atoms with Crippen molar-refractivity contribution in [3.05, 3.63) is 52.6 Å². The number of nitrogens with two attached hydrogens (primary N) is 1. The van der Waals surface area contributed by atoms with Crippen molar-refractivity contribution in [1.29, 1.82) is 0 Å². The summed E-state index contributed by atoms with van der Waals surface area (Å²) in [5.74, 6) is 0.00832. The highest BCUT2D eigenvalue weighted by molar-refractivity contribution is 5.89. The number of carbonyl (C=O) groups is 2. The SMILES string of the molecule is CC(C)(N)C(=O)N1CCN(C(=O)Nc2ccn(-c3ccc(CNCC4(O)CNC4)cc3)c(=O)n2)CC1.Cl. The van der Waals surface area contributed by atoms with Gasteiger partial charge in [-0.25, -0.2) is 9.59 Å². The Kier molecular flexibility index (Phi) is 8.92. The number of rotatable bonds is 7. The molecule has 1 aromatic heterocycles. The molecule has 0 radical (unpaired) electrons. The number of hydrogen-bond donors (Lipinski definition) is 5. The van der Waals surface area contributed by atoms with Crippen molar-refractivity contribution in [3.8, 4) is 5.69 Å². The molecule has 0 aliphatic carbocycles. The van der Waals surface area contributed by atoms with E-state index in [4.69, 9.17) is 5.73 Å². The minimum atomic E-state index is -0.952. The molecular weight excluding hydrogens is 500 g/mol. The number of piperazine rings is 1. The highest BCUT2D eigenvalue weighted by Gasteiger charge is 2.33. The summed E-state index contributed by atoms with van der Waals surface area (Å²) in [5, 5.41) is 19.1.